The fraction of sp³-hybridized carbons (Fsp3) is 0.632. The first-order valence-corrected chi connectivity index (χ1v) is 9.38. The summed E-state index contributed by atoms with van der Waals surface area (Å²) in [5.41, 5.74) is 2.71. The standard InChI is InChI=1S/C19H28N4O2/c1-14-12-17(18(24)21-13-16-8-5-11-25-16)23-19(22-14)20-10-9-15-6-3-2-4-7-15/h6,12,16H,2-5,7-11,13H2,1H3,(H,21,24)(H,20,22,23). The number of amides is 1. The third kappa shape index (κ3) is 5.53. The number of carbonyl (C=O) groups excluding carboxylic acids is 1. The van der Waals surface area contributed by atoms with E-state index in [4.69, 9.17) is 4.74 Å². The number of ether oxygens (including phenoxy) is 1. The van der Waals surface area contributed by atoms with Crippen LogP contribution in [0.15, 0.2) is 17.7 Å². The van der Waals surface area contributed by atoms with Crippen LogP contribution in [-0.4, -0.2) is 41.7 Å². The Hall–Kier alpha value is -1.95. The SMILES string of the molecule is Cc1cc(C(=O)NCC2CCCO2)nc(NCCC2=CCCCC2)n1. The second-order valence-electron chi connectivity index (χ2n) is 6.85. The minimum absolute atomic E-state index is 0.133. The predicted molar refractivity (Wildman–Crippen MR) is 97.7 cm³/mol. The van der Waals surface area contributed by atoms with E-state index < -0.39 is 0 Å². The van der Waals surface area contributed by atoms with Crippen LogP contribution in [0.4, 0.5) is 5.95 Å². The average Bonchev–Trinajstić information content (AvgIpc) is 3.14. The van der Waals surface area contributed by atoms with E-state index in [1.165, 1.54) is 31.3 Å². The molecule has 0 radical (unpaired) electrons. The molecule has 1 aromatic rings. The molecule has 1 aliphatic heterocycles. The zero-order valence-corrected chi connectivity index (χ0v) is 15.0. The molecule has 1 fully saturated rings. The molecule has 0 aromatic carbocycles. The van der Waals surface area contributed by atoms with E-state index in [9.17, 15) is 4.79 Å². The van der Waals surface area contributed by atoms with Crippen LogP contribution in [0, 0.1) is 6.92 Å². The lowest BCUT2D eigenvalue weighted by atomic mass is 9.97. The van der Waals surface area contributed by atoms with E-state index in [0.29, 0.717) is 18.2 Å². The van der Waals surface area contributed by atoms with E-state index in [-0.39, 0.29) is 12.0 Å². The molecule has 2 N–H and O–H groups in total. The lowest BCUT2D eigenvalue weighted by molar-refractivity contribution is 0.0853. The molecular formula is C19H28N4O2. The zero-order valence-electron chi connectivity index (χ0n) is 15.0. The van der Waals surface area contributed by atoms with Crippen LogP contribution in [0.1, 0.15) is 61.1 Å². The van der Waals surface area contributed by atoms with Crippen LogP contribution in [0.2, 0.25) is 0 Å². The van der Waals surface area contributed by atoms with Gasteiger partial charge in [-0.3, -0.25) is 4.79 Å². The quantitative estimate of drug-likeness (QED) is 0.744. The Morgan fingerprint density at radius 2 is 2.24 bits per heavy atom. The van der Waals surface area contributed by atoms with Gasteiger partial charge in [0.1, 0.15) is 5.69 Å². The summed E-state index contributed by atoms with van der Waals surface area (Å²) < 4.78 is 5.53. The van der Waals surface area contributed by atoms with Crippen LogP contribution in [0.25, 0.3) is 0 Å². The number of allylic oxidation sites excluding steroid dienone is 1. The second kappa shape index (κ2) is 8.94. The van der Waals surface area contributed by atoms with Crippen molar-refractivity contribution in [3.05, 3.63) is 29.1 Å². The van der Waals surface area contributed by atoms with Gasteiger partial charge < -0.3 is 15.4 Å². The van der Waals surface area contributed by atoms with E-state index in [1.807, 2.05) is 6.92 Å². The lowest BCUT2D eigenvalue weighted by Gasteiger charge is -2.14. The van der Waals surface area contributed by atoms with E-state index in [0.717, 1.165) is 38.1 Å². The molecule has 3 rings (SSSR count). The first-order chi connectivity index (χ1) is 12.2. The molecule has 25 heavy (non-hydrogen) atoms. The van der Waals surface area contributed by atoms with E-state index >= 15 is 0 Å². The summed E-state index contributed by atoms with van der Waals surface area (Å²) in [5.74, 6) is 0.359. The molecule has 0 bridgehead atoms. The second-order valence-corrected chi connectivity index (χ2v) is 6.85. The van der Waals surface area contributed by atoms with E-state index in [1.54, 1.807) is 6.07 Å². The fourth-order valence-electron chi connectivity index (χ4n) is 3.33. The zero-order chi connectivity index (χ0) is 17.5. The van der Waals surface area contributed by atoms with Crippen LogP contribution in [0.5, 0.6) is 0 Å². The molecule has 0 saturated carbocycles. The van der Waals surface area contributed by atoms with Crippen molar-refractivity contribution >= 4 is 11.9 Å². The smallest absolute Gasteiger partial charge is 0.270 e. The summed E-state index contributed by atoms with van der Waals surface area (Å²) in [6.45, 7) is 4.01. The van der Waals surface area contributed by atoms with Gasteiger partial charge in [-0.25, -0.2) is 9.97 Å². The third-order valence-electron chi connectivity index (χ3n) is 4.72. The van der Waals surface area contributed by atoms with Gasteiger partial charge >= 0.3 is 0 Å². The summed E-state index contributed by atoms with van der Waals surface area (Å²) in [6, 6.07) is 1.72. The van der Waals surface area contributed by atoms with Gasteiger partial charge in [0, 0.05) is 25.4 Å². The number of nitrogens with one attached hydrogen (secondary N) is 2. The van der Waals surface area contributed by atoms with Gasteiger partial charge in [-0.05, 0) is 57.9 Å². The number of anilines is 1. The summed E-state index contributed by atoms with van der Waals surface area (Å²) in [6.07, 6.45) is 10.6. The van der Waals surface area contributed by atoms with Crippen molar-refractivity contribution in [2.45, 2.75) is 58.0 Å². The molecule has 2 heterocycles. The molecule has 6 heteroatoms. The summed E-state index contributed by atoms with van der Waals surface area (Å²) >= 11 is 0. The maximum Gasteiger partial charge on any atom is 0.270 e. The summed E-state index contributed by atoms with van der Waals surface area (Å²) in [5, 5.41) is 6.17. The highest BCUT2D eigenvalue weighted by Gasteiger charge is 2.17. The minimum atomic E-state index is -0.168. The van der Waals surface area contributed by atoms with Crippen molar-refractivity contribution in [3.8, 4) is 0 Å². The number of hydrogen-bond donors (Lipinski definition) is 2. The number of nitrogens with zero attached hydrogens (tertiary/aromatic N) is 2. The van der Waals surface area contributed by atoms with Gasteiger partial charge in [-0.2, -0.15) is 0 Å². The Morgan fingerprint density at radius 3 is 3.00 bits per heavy atom. The number of aromatic nitrogens is 2. The monoisotopic (exact) mass is 344 g/mol. The lowest BCUT2D eigenvalue weighted by Crippen LogP contribution is -2.32. The highest BCUT2D eigenvalue weighted by atomic mass is 16.5. The van der Waals surface area contributed by atoms with Gasteiger partial charge in [-0.1, -0.05) is 11.6 Å². The van der Waals surface area contributed by atoms with Crippen LogP contribution >= 0.6 is 0 Å². The molecule has 6 nitrogen and oxygen atoms in total. The maximum atomic E-state index is 12.3. The molecule has 1 atom stereocenters. The maximum absolute atomic E-state index is 12.3. The average molecular weight is 344 g/mol. The Bertz CT molecular complexity index is 624. The van der Waals surface area contributed by atoms with Gasteiger partial charge in [-0.15, -0.1) is 0 Å². The van der Waals surface area contributed by atoms with Crippen molar-refractivity contribution < 1.29 is 9.53 Å². The first kappa shape index (κ1) is 17.9. The Balaban J connectivity index is 1.51. The molecule has 1 saturated heterocycles. The third-order valence-corrected chi connectivity index (χ3v) is 4.72. The van der Waals surface area contributed by atoms with Gasteiger partial charge in [0.05, 0.1) is 6.10 Å². The minimum Gasteiger partial charge on any atom is -0.376 e. The van der Waals surface area contributed by atoms with Crippen molar-refractivity contribution in [2.75, 3.05) is 25.0 Å². The topological polar surface area (TPSA) is 76.1 Å². The highest BCUT2D eigenvalue weighted by Crippen LogP contribution is 2.20. The van der Waals surface area contributed by atoms with Gasteiger partial charge in [0.25, 0.3) is 5.91 Å². The Kier molecular flexibility index (Phi) is 6.39. The molecule has 1 amide bonds. The highest BCUT2D eigenvalue weighted by molar-refractivity contribution is 5.92. The molecule has 2 aliphatic rings. The van der Waals surface area contributed by atoms with Crippen molar-refractivity contribution in [2.24, 2.45) is 0 Å². The molecule has 1 unspecified atom stereocenters. The molecule has 1 aliphatic carbocycles. The molecule has 1 aromatic heterocycles. The van der Waals surface area contributed by atoms with Gasteiger partial charge in [0.15, 0.2) is 0 Å². The Labute approximate surface area is 149 Å². The normalized spacial score (nSPS) is 20.2. The number of hydrogen-bond acceptors (Lipinski definition) is 5. The number of aryl methyl sites for hydroxylation is 1. The Morgan fingerprint density at radius 1 is 1.32 bits per heavy atom. The molecular weight excluding hydrogens is 316 g/mol. The summed E-state index contributed by atoms with van der Waals surface area (Å²) in [7, 11) is 0. The van der Waals surface area contributed by atoms with E-state index in [2.05, 4.69) is 26.7 Å². The van der Waals surface area contributed by atoms with Crippen LogP contribution in [0.3, 0.4) is 0 Å². The van der Waals surface area contributed by atoms with Gasteiger partial charge in [0.2, 0.25) is 5.95 Å². The fourth-order valence-corrected chi connectivity index (χ4v) is 3.33. The van der Waals surface area contributed by atoms with Crippen LogP contribution in [-0.2, 0) is 4.74 Å². The van der Waals surface area contributed by atoms with Crippen molar-refractivity contribution in [1.29, 1.82) is 0 Å². The summed E-state index contributed by atoms with van der Waals surface area (Å²) in [4.78, 5) is 21.1. The van der Waals surface area contributed by atoms with Crippen molar-refractivity contribution in [1.82, 2.24) is 15.3 Å². The number of carbonyl (C=O) groups is 1. The first-order valence-electron chi connectivity index (χ1n) is 9.38. The number of rotatable bonds is 7. The van der Waals surface area contributed by atoms with Crippen LogP contribution < -0.4 is 10.6 Å². The molecule has 136 valence electrons. The largest absolute Gasteiger partial charge is 0.376 e. The predicted octanol–water partition coefficient (Wildman–Crippen LogP) is 3.00. The molecule has 0 spiro atoms. The van der Waals surface area contributed by atoms with Crippen molar-refractivity contribution in [3.63, 3.8) is 0 Å².